The van der Waals surface area contributed by atoms with Crippen LogP contribution in [0.3, 0.4) is 0 Å². The molecule has 0 unspecified atom stereocenters. The molecule has 0 radical (unpaired) electrons. The number of rotatable bonds is 4. The van der Waals surface area contributed by atoms with Crippen molar-refractivity contribution in [2.45, 2.75) is 13.8 Å². The molecule has 1 N–H and O–H groups in total. The van der Waals surface area contributed by atoms with Crippen molar-refractivity contribution in [3.05, 3.63) is 71.8 Å². The molecule has 0 aliphatic carbocycles. The Morgan fingerprint density at radius 1 is 0.893 bits per heavy atom. The van der Waals surface area contributed by atoms with Crippen LogP contribution in [0.25, 0.3) is 10.8 Å². The Balaban J connectivity index is 1.36. The first kappa shape index (κ1) is 18.5. The lowest BCUT2D eigenvalue weighted by atomic mass is 10.1. The van der Waals surface area contributed by atoms with Crippen LogP contribution in [-0.2, 0) is 4.79 Å². The predicted octanol–water partition coefficient (Wildman–Crippen LogP) is 4.22. The quantitative estimate of drug-likeness (QED) is 0.744. The molecule has 1 saturated heterocycles. The number of hydrogen-bond acceptors (Lipinski definition) is 3. The van der Waals surface area contributed by atoms with Gasteiger partial charge in [0.1, 0.15) is 0 Å². The lowest BCUT2D eigenvalue weighted by Crippen LogP contribution is -2.48. The molecule has 0 saturated carbocycles. The summed E-state index contributed by atoms with van der Waals surface area (Å²) in [7, 11) is 0. The highest BCUT2D eigenvalue weighted by Gasteiger charge is 2.20. The molecular weight excluding hydrogens is 346 g/mol. The molecule has 0 spiro atoms. The second kappa shape index (κ2) is 8.03. The largest absolute Gasteiger partial charge is 0.369 e. The molecule has 1 fully saturated rings. The molecule has 3 aromatic carbocycles. The maximum absolute atomic E-state index is 12.6. The minimum absolute atomic E-state index is 0.0524. The number of nitrogens with zero attached hydrogens (tertiary/aromatic N) is 2. The van der Waals surface area contributed by atoms with Gasteiger partial charge in [-0.2, -0.15) is 0 Å². The summed E-state index contributed by atoms with van der Waals surface area (Å²) < 4.78 is 0. The monoisotopic (exact) mass is 373 g/mol. The van der Waals surface area contributed by atoms with E-state index in [0.29, 0.717) is 6.54 Å². The first-order chi connectivity index (χ1) is 13.6. The summed E-state index contributed by atoms with van der Waals surface area (Å²) in [5.41, 5.74) is 4.89. The number of amides is 1. The number of carbonyl (C=O) groups excluding carboxylic acids is 1. The maximum atomic E-state index is 12.6. The predicted molar refractivity (Wildman–Crippen MR) is 117 cm³/mol. The molecular formula is C24H27N3O. The van der Waals surface area contributed by atoms with Crippen molar-refractivity contribution < 1.29 is 4.79 Å². The number of nitrogens with one attached hydrogen (secondary N) is 1. The summed E-state index contributed by atoms with van der Waals surface area (Å²) in [4.78, 5) is 17.3. The third kappa shape index (κ3) is 3.87. The third-order valence-electron chi connectivity index (χ3n) is 5.72. The fraction of sp³-hybridized carbons (Fsp3) is 0.292. The number of hydrogen-bond donors (Lipinski definition) is 1. The van der Waals surface area contributed by atoms with Gasteiger partial charge in [0.25, 0.3) is 0 Å². The first-order valence-electron chi connectivity index (χ1n) is 9.93. The SMILES string of the molecule is Cc1cccc(N2CCN(CC(=O)Nc3cccc4ccccc34)CC2)c1C. The third-order valence-corrected chi connectivity index (χ3v) is 5.72. The molecule has 0 bridgehead atoms. The first-order valence-corrected chi connectivity index (χ1v) is 9.93. The molecule has 1 aliphatic rings. The highest BCUT2D eigenvalue weighted by molar-refractivity contribution is 6.02. The van der Waals surface area contributed by atoms with Crippen LogP contribution in [0.4, 0.5) is 11.4 Å². The fourth-order valence-corrected chi connectivity index (χ4v) is 3.95. The molecule has 1 heterocycles. The number of anilines is 2. The van der Waals surface area contributed by atoms with Gasteiger partial charge >= 0.3 is 0 Å². The zero-order chi connectivity index (χ0) is 19.5. The number of benzene rings is 3. The number of carbonyl (C=O) groups is 1. The molecule has 4 heteroatoms. The van der Waals surface area contributed by atoms with E-state index in [1.54, 1.807) is 0 Å². The van der Waals surface area contributed by atoms with Gasteiger partial charge in [-0.3, -0.25) is 9.69 Å². The Kier molecular flexibility index (Phi) is 5.31. The molecule has 4 nitrogen and oxygen atoms in total. The summed E-state index contributed by atoms with van der Waals surface area (Å²) in [6, 6.07) is 20.6. The van der Waals surface area contributed by atoms with E-state index in [1.807, 2.05) is 30.3 Å². The molecule has 0 atom stereocenters. The standard InChI is InChI=1S/C24H27N3O/c1-18-7-5-12-23(19(18)2)27-15-13-26(14-16-27)17-24(28)25-22-11-6-9-20-8-3-4-10-21(20)22/h3-12H,13-17H2,1-2H3,(H,25,28). The second-order valence-corrected chi connectivity index (χ2v) is 7.56. The van der Waals surface area contributed by atoms with Crippen molar-refractivity contribution in [2.24, 2.45) is 0 Å². The summed E-state index contributed by atoms with van der Waals surface area (Å²) in [5, 5.41) is 5.32. The number of aryl methyl sites for hydroxylation is 1. The molecule has 0 aromatic heterocycles. The average Bonchev–Trinajstić information content (AvgIpc) is 2.71. The van der Waals surface area contributed by atoms with E-state index in [-0.39, 0.29) is 5.91 Å². The number of piperazine rings is 1. The van der Waals surface area contributed by atoms with Gasteiger partial charge in [0.05, 0.1) is 6.54 Å². The molecule has 4 rings (SSSR count). The lowest BCUT2D eigenvalue weighted by molar-refractivity contribution is -0.117. The van der Waals surface area contributed by atoms with Crippen molar-refractivity contribution in [1.82, 2.24) is 4.90 Å². The summed E-state index contributed by atoms with van der Waals surface area (Å²) in [6.07, 6.45) is 0. The van der Waals surface area contributed by atoms with E-state index in [4.69, 9.17) is 0 Å². The molecule has 28 heavy (non-hydrogen) atoms. The average molecular weight is 374 g/mol. The van der Waals surface area contributed by atoms with Gasteiger partial charge < -0.3 is 10.2 Å². The Hall–Kier alpha value is -2.85. The van der Waals surface area contributed by atoms with Gasteiger partial charge in [-0.25, -0.2) is 0 Å². The van der Waals surface area contributed by atoms with Crippen LogP contribution >= 0.6 is 0 Å². The smallest absolute Gasteiger partial charge is 0.238 e. The van der Waals surface area contributed by atoms with Gasteiger partial charge in [0.15, 0.2) is 0 Å². The molecule has 144 valence electrons. The minimum Gasteiger partial charge on any atom is -0.369 e. The van der Waals surface area contributed by atoms with Crippen LogP contribution in [0.1, 0.15) is 11.1 Å². The Morgan fingerprint density at radius 3 is 2.43 bits per heavy atom. The number of fused-ring (bicyclic) bond motifs is 1. The van der Waals surface area contributed by atoms with Crippen LogP contribution < -0.4 is 10.2 Å². The van der Waals surface area contributed by atoms with Crippen LogP contribution in [0.2, 0.25) is 0 Å². The normalized spacial score (nSPS) is 15.0. The zero-order valence-corrected chi connectivity index (χ0v) is 16.6. The second-order valence-electron chi connectivity index (χ2n) is 7.56. The van der Waals surface area contributed by atoms with E-state index in [0.717, 1.165) is 42.6 Å². The lowest BCUT2D eigenvalue weighted by Gasteiger charge is -2.36. The van der Waals surface area contributed by atoms with Crippen molar-refractivity contribution >= 4 is 28.1 Å². The molecule has 3 aromatic rings. The van der Waals surface area contributed by atoms with Crippen LogP contribution in [-0.4, -0.2) is 43.5 Å². The fourth-order valence-electron chi connectivity index (χ4n) is 3.95. The van der Waals surface area contributed by atoms with E-state index in [9.17, 15) is 4.79 Å². The molecule has 1 amide bonds. The Bertz CT molecular complexity index is 985. The Labute approximate surface area is 166 Å². The van der Waals surface area contributed by atoms with Gasteiger partial charge in [-0.05, 0) is 42.5 Å². The van der Waals surface area contributed by atoms with E-state index in [1.165, 1.54) is 16.8 Å². The van der Waals surface area contributed by atoms with Gasteiger partial charge in [0.2, 0.25) is 5.91 Å². The highest BCUT2D eigenvalue weighted by atomic mass is 16.2. The van der Waals surface area contributed by atoms with Crippen LogP contribution in [0.5, 0.6) is 0 Å². The summed E-state index contributed by atoms with van der Waals surface area (Å²) in [5.74, 6) is 0.0524. The molecule has 1 aliphatic heterocycles. The van der Waals surface area contributed by atoms with Gasteiger partial charge in [-0.1, -0.05) is 48.5 Å². The maximum Gasteiger partial charge on any atom is 0.238 e. The van der Waals surface area contributed by atoms with Crippen molar-refractivity contribution in [1.29, 1.82) is 0 Å². The van der Waals surface area contributed by atoms with Crippen molar-refractivity contribution in [3.8, 4) is 0 Å². The Morgan fingerprint density at radius 2 is 1.61 bits per heavy atom. The van der Waals surface area contributed by atoms with E-state index >= 15 is 0 Å². The van der Waals surface area contributed by atoms with E-state index < -0.39 is 0 Å². The van der Waals surface area contributed by atoms with Crippen molar-refractivity contribution in [2.75, 3.05) is 42.9 Å². The van der Waals surface area contributed by atoms with Gasteiger partial charge in [-0.15, -0.1) is 0 Å². The van der Waals surface area contributed by atoms with Crippen LogP contribution in [0.15, 0.2) is 60.7 Å². The summed E-state index contributed by atoms with van der Waals surface area (Å²) >= 11 is 0. The van der Waals surface area contributed by atoms with Crippen LogP contribution in [0, 0.1) is 13.8 Å². The minimum atomic E-state index is 0.0524. The van der Waals surface area contributed by atoms with Crippen molar-refractivity contribution in [3.63, 3.8) is 0 Å². The van der Waals surface area contributed by atoms with Gasteiger partial charge in [0, 0.05) is 42.9 Å². The zero-order valence-electron chi connectivity index (χ0n) is 16.6. The van der Waals surface area contributed by atoms with E-state index in [2.05, 4.69) is 59.3 Å². The topological polar surface area (TPSA) is 35.6 Å². The highest BCUT2D eigenvalue weighted by Crippen LogP contribution is 2.25. The summed E-state index contributed by atoms with van der Waals surface area (Å²) in [6.45, 7) is 8.48.